The fourth-order valence-electron chi connectivity index (χ4n) is 12.7. The second kappa shape index (κ2) is 45.8. The van der Waals surface area contributed by atoms with Crippen molar-refractivity contribution in [1.82, 2.24) is 5.32 Å². The van der Waals surface area contributed by atoms with Gasteiger partial charge in [-0.25, -0.2) is 24.0 Å². The summed E-state index contributed by atoms with van der Waals surface area (Å²) in [5.41, 5.74) is 2.35. The molecule has 0 aromatic heterocycles. The van der Waals surface area contributed by atoms with Gasteiger partial charge in [-0.3, -0.25) is 14.4 Å². The predicted octanol–water partition coefficient (Wildman–Crippen LogP) is 22.2. The standard InChI is InChI=1S/C22H13F6NO2.C22H15F3N2O3.C22H12N2O3.C19H15NO2.C18H17NO5/c23-21(24,25)17-11-16(12-18(13-17)22(26,27)28)20(30)31-29-19(14-7-3-1-4-8-14)15-9-5-2-6-10-15;23-22(24,25)18-13-7-12-17(14-18)19(26-20(28)15-8-3-1-4-9-15)27-30-21(29)16-10-5-2-6-11-16;23-13-19(14-7-2-1-3-8-14)24-27-22(26)18-12-6-11-17-20(18)15-9-4-5-10-16(15)21(17)25;1-14(15-8-3-2-4-9-15)20-22-19(21)18-13-7-11-16-10-5-6-12-17(16)18;1-12(20)17(13-8-5-4-6-9-13)19-24-18(21)16-14(22-2)10-7-11-15(16)23-3/h1-13H;1-14H,(H,26,27,28);1-12H;2-13H,1H3;4-11H,1-3H3/b;;24-19+;20-14+;19-17+. The molecule has 1 aliphatic carbocycles. The maximum absolute atomic E-state index is 13.1. The zero-order valence-electron chi connectivity index (χ0n) is 70.8. The van der Waals surface area contributed by atoms with E-state index in [2.05, 4.69) is 31.1 Å². The molecular formula is C103H72F9N7O15. The number of hydrogen-bond acceptors (Lipinski definition) is 21. The number of methoxy groups -OCH3 is 2. The van der Waals surface area contributed by atoms with Crippen molar-refractivity contribution in [2.45, 2.75) is 32.4 Å². The van der Waals surface area contributed by atoms with Gasteiger partial charge in [0.05, 0.1) is 58.9 Å². The van der Waals surface area contributed by atoms with Gasteiger partial charge in [-0.2, -0.15) is 44.8 Å². The first-order valence-corrected chi connectivity index (χ1v) is 39.9. The van der Waals surface area contributed by atoms with E-state index in [4.69, 9.17) is 33.7 Å². The molecule has 0 spiro atoms. The summed E-state index contributed by atoms with van der Waals surface area (Å²) in [7, 11) is 2.86. The fraction of sp³-hybridized carbons (Fsp3) is 0.0680. The molecule has 15 rings (SSSR count). The number of amides is 1. The molecule has 14 aromatic rings. The number of halogens is 9. The van der Waals surface area contributed by atoms with Crippen LogP contribution >= 0.6 is 0 Å². The van der Waals surface area contributed by atoms with E-state index in [1.165, 1.54) is 57.5 Å². The summed E-state index contributed by atoms with van der Waals surface area (Å²) in [4.78, 5) is 123. The lowest BCUT2D eigenvalue weighted by Gasteiger charge is -2.13. The van der Waals surface area contributed by atoms with Gasteiger partial charge in [-0.05, 0) is 108 Å². The van der Waals surface area contributed by atoms with Crippen LogP contribution in [0.5, 0.6) is 11.5 Å². The Morgan fingerprint density at radius 1 is 0.336 bits per heavy atom. The first-order chi connectivity index (χ1) is 64.4. The molecule has 0 atom stereocenters. The Bertz CT molecular complexity index is 6700. The van der Waals surface area contributed by atoms with Crippen LogP contribution < -0.4 is 14.8 Å². The number of amidine groups is 1. The third-order valence-electron chi connectivity index (χ3n) is 19.1. The summed E-state index contributed by atoms with van der Waals surface area (Å²) in [6.45, 7) is 3.16. The van der Waals surface area contributed by atoms with E-state index in [0.717, 1.165) is 28.5 Å². The van der Waals surface area contributed by atoms with Gasteiger partial charge in [-0.1, -0.05) is 305 Å². The van der Waals surface area contributed by atoms with Crippen LogP contribution in [0.2, 0.25) is 0 Å². The Balaban J connectivity index is 0.000000162. The van der Waals surface area contributed by atoms with Gasteiger partial charge >= 0.3 is 48.4 Å². The smallest absolute Gasteiger partial charge is 0.416 e. The van der Waals surface area contributed by atoms with Crippen molar-refractivity contribution in [3.05, 3.63) is 452 Å². The van der Waals surface area contributed by atoms with Gasteiger partial charge in [0.25, 0.3) is 5.91 Å². The lowest BCUT2D eigenvalue weighted by Crippen LogP contribution is -2.32. The maximum Gasteiger partial charge on any atom is 0.416 e. The first-order valence-electron chi connectivity index (χ1n) is 39.9. The number of fused-ring (bicyclic) bond motifs is 4. The van der Waals surface area contributed by atoms with Crippen molar-refractivity contribution in [2.24, 2.45) is 25.8 Å². The van der Waals surface area contributed by atoms with Crippen LogP contribution in [0.1, 0.15) is 142 Å². The van der Waals surface area contributed by atoms with E-state index in [1.807, 2.05) is 97.9 Å². The third-order valence-corrected chi connectivity index (χ3v) is 19.1. The second-order valence-corrected chi connectivity index (χ2v) is 28.1. The minimum atomic E-state index is -5.08. The molecular weight excluding hydrogens is 1750 g/mol. The van der Waals surface area contributed by atoms with Crippen molar-refractivity contribution in [1.29, 1.82) is 5.26 Å². The van der Waals surface area contributed by atoms with E-state index in [0.29, 0.717) is 67.3 Å². The van der Waals surface area contributed by atoms with Gasteiger partial charge in [-0.15, -0.1) is 0 Å². The molecule has 0 heterocycles. The van der Waals surface area contributed by atoms with Crippen molar-refractivity contribution in [3.8, 4) is 28.7 Å². The van der Waals surface area contributed by atoms with Crippen LogP contribution in [-0.4, -0.2) is 90.2 Å². The molecule has 0 radical (unpaired) electrons. The van der Waals surface area contributed by atoms with Crippen molar-refractivity contribution in [2.75, 3.05) is 14.2 Å². The van der Waals surface area contributed by atoms with E-state index < -0.39 is 76.5 Å². The number of oxime groups is 5. The number of ether oxygens (including phenoxy) is 2. The molecule has 1 aliphatic rings. The van der Waals surface area contributed by atoms with Gasteiger partial charge in [0, 0.05) is 57.0 Å². The first kappa shape index (κ1) is 96.9. The Morgan fingerprint density at radius 2 is 0.731 bits per heavy atom. The van der Waals surface area contributed by atoms with Gasteiger partial charge in [0.1, 0.15) is 28.8 Å². The Hall–Kier alpha value is -17.7. The number of nitrogens with one attached hydrogen (secondary N) is 1. The summed E-state index contributed by atoms with van der Waals surface area (Å²) in [6, 6.07) is 96.7. The maximum atomic E-state index is 13.1. The predicted molar refractivity (Wildman–Crippen MR) is 480 cm³/mol. The third kappa shape index (κ3) is 26.1. The van der Waals surface area contributed by atoms with Gasteiger partial charge < -0.3 is 39.0 Å². The molecule has 134 heavy (non-hydrogen) atoms. The number of nitriles is 1. The fourth-order valence-corrected chi connectivity index (χ4v) is 12.7. The molecule has 0 unspecified atom stereocenters. The van der Waals surface area contributed by atoms with Gasteiger partial charge in [0.2, 0.25) is 0 Å². The molecule has 1 N–H and O–H groups in total. The number of carbonyl (C=O) groups is 8. The number of alkyl halides is 9. The average molecular weight is 1820 g/mol. The van der Waals surface area contributed by atoms with Crippen LogP contribution in [0.3, 0.4) is 0 Å². The van der Waals surface area contributed by atoms with Crippen LogP contribution in [0.4, 0.5) is 39.5 Å². The molecule has 0 saturated carbocycles. The Labute approximate surface area is 758 Å². The zero-order valence-corrected chi connectivity index (χ0v) is 70.8. The van der Waals surface area contributed by atoms with Crippen LogP contribution in [0.15, 0.2) is 384 Å². The molecule has 14 aromatic carbocycles. The van der Waals surface area contributed by atoms with Gasteiger partial charge in [0.15, 0.2) is 28.8 Å². The zero-order chi connectivity index (χ0) is 95.9. The number of nitrogens with zero attached hydrogens (tertiary/aromatic N) is 6. The summed E-state index contributed by atoms with van der Waals surface area (Å²) >= 11 is 0. The normalized spacial score (nSPS) is 11.6. The highest BCUT2D eigenvalue weighted by Gasteiger charge is 2.39. The van der Waals surface area contributed by atoms with Crippen molar-refractivity contribution in [3.63, 3.8) is 0 Å². The number of Topliss-reactive ketones (excluding diaryl/α,β-unsaturated/α-hetero) is 1. The SMILES string of the molecule is C/C(=N\OC(=O)c1cccc2ccccc12)c1ccccc1.COc1cccc(OC)c1C(=O)O/N=C(\C(C)=O)c1ccccc1.N#C/C(=N\OC(=O)c1cccc2c1-c1ccccc1C2=O)c1ccccc1.O=C(N/C(=N\OC(=O)c1ccccc1)c1cccc(C(F)(F)F)c1)c1ccccc1.O=C(ON=C(c1ccccc1)c1ccccc1)c1cc(C(F)(F)F)cc(C(F)(F)F)c1. The highest BCUT2D eigenvalue weighted by molar-refractivity contribution is 6.45. The van der Waals surface area contributed by atoms with E-state index in [-0.39, 0.29) is 80.6 Å². The van der Waals surface area contributed by atoms with Crippen LogP contribution in [-0.2, 0) is 47.5 Å². The van der Waals surface area contributed by atoms with Crippen molar-refractivity contribution < 1.29 is 112 Å². The number of benzene rings is 14. The van der Waals surface area contributed by atoms with Crippen LogP contribution in [0, 0.1) is 11.3 Å². The molecule has 0 saturated heterocycles. The summed E-state index contributed by atoms with van der Waals surface area (Å²) in [6.07, 6.45) is -14.8. The highest BCUT2D eigenvalue weighted by Crippen LogP contribution is 2.41. The monoisotopic (exact) mass is 1820 g/mol. The lowest BCUT2D eigenvalue weighted by molar-refractivity contribution is -0.143. The quantitative estimate of drug-likeness (QED) is 0.0244. The molecule has 1 amide bonds. The van der Waals surface area contributed by atoms with E-state index in [9.17, 15) is 83.1 Å². The summed E-state index contributed by atoms with van der Waals surface area (Å²) in [5.74, 6) is -5.05. The van der Waals surface area contributed by atoms with Crippen molar-refractivity contribution >= 4 is 86.8 Å². The molecule has 672 valence electrons. The average Bonchev–Trinajstić information content (AvgIpc) is 1.59. The minimum Gasteiger partial charge on any atom is -0.496 e. The molecule has 0 bridgehead atoms. The molecule has 31 heteroatoms. The Morgan fingerprint density at radius 3 is 1.27 bits per heavy atom. The van der Waals surface area contributed by atoms with E-state index >= 15 is 0 Å². The molecule has 0 aliphatic heterocycles. The van der Waals surface area contributed by atoms with Crippen LogP contribution in [0.25, 0.3) is 21.9 Å². The lowest BCUT2D eigenvalue weighted by atomic mass is 10.00. The number of rotatable bonds is 20. The summed E-state index contributed by atoms with van der Waals surface area (Å²) in [5, 5.41) is 32.3. The molecule has 22 nitrogen and oxygen atoms in total. The molecule has 0 fully saturated rings. The number of ketones is 2. The number of hydrogen-bond donors (Lipinski definition) is 1. The number of carbonyl (C=O) groups excluding carboxylic acids is 8. The second-order valence-electron chi connectivity index (χ2n) is 28.1. The Kier molecular flexibility index (Phi) is 33.2. The van der Waals surface area contributed by atoms with E-state index in [1.54, 1.807) is 206 Å². The largest absolute Gasteiger partial charge is 0.496 e. The topological polar surface area (TPSA) is 299 Å². The highest BCUT2D eigenvalue weighted by atomic mass is 19.4. The summed E-state index contributed by atoms with van der Waals surface area (Å²) < 4.78 is 128. The minimum absolute atomic E-state index is 0.00648.